The van der Waals surface area contributed by atoms with Crippen LogP contribution in [0.25, 0.3) is 0 Å². The van der Waals surface area contributed by atoms with Crippen LogP contribution in [0.4, 0.5) is 5.69 Å². The quantitative estimate of drug-likeness (QED) is 0.295. The van der Waals surface area contributed by atoms with Crippen LogP contribution in [0.2, 0.25) is 5.02 Å². The van der Waals surface area contributed by atoms with Gasteiger partial charge in [0.15, 0.2) is 0 Å². The molecule has 5 amide bonds. The number of amides is 5. The summed E-state index contributed by atoms with van der Waals surface area (Å²) in [5, 5.41) is 19.6. The second-order valence-electron chi connectivity index (χ2n) is 15.6. The Kier molecular flexibility index (Phi) is 10.8. The van der Waals surface area contributed by atoms with E-state index >= 15 is 0 Å². The van der Waals surface area contributed by atoms with Crippen LogP contribution in [0, 0.1) is 17.2 Å². The van der Waals surface area contributed by atoms with E-state index in [4.69, 9.17) is 26.7 Å². The van der Waals surface area contributed by atoms with E-state index in [9.17, 15) is 24.0 Å². The largest absolute Gasteiger partial charge is 0.490 e. The molecule has 15 heteroatoms. The number of carbonyl (C=O) groups excluding carboxylic acids is 5. The Morgan fingerprint density at radius 3 is 2.36 bits per heavy atom. The van der Waals surface area contributed by atoms with Crippen molar-refractivity contribution in [2.24, 2.45) is 5.92 Å². The van der Waals surface area contributed by atoms with E-state index in [2.05, 4.69) is 26.5 Å². The Morgan fingerprint density at radius 1 is 0.893 bits per heavy atom. The molecule has 1 aromatic heterocycles. The number of hydrogen-bond acceptors (Lipinski definition) is 10. The number of piperazine rings is 1. The predicted octanol–water partition coefficient (Wildman–Crippen LogP) is 4.48. The molecule has 3 aliphatic heterocycles. The molecule has 2 saturated carbocycles. The summed E-state index contributed by atoms with van der Waals surface area (Å²) in [7, 11) is 0. The van der Waals surface area contributed by atoms with E-state index in [0.29, 0.717) is 39.1 Å². The Morgan fingerprint density at radius 2 is 1.64 bits per heavy atom. The van der Waals surface area contributed by atoms with Crippen LogP contribution in [0.15, 0.2) is 48.7 Å². The average Bonchev–Trinajstić information content (AvgIpc) is 3.79. The van der Waals surface area contributed by atoms with Crippen LogP contribution in [0.5, 0.6) is 5.75 Å². The second kappa shape index (κ2) is 16.1. The van der Waals surface area contributed by atoms with Crippen LogP contribution in [-0.4, -0.2) is 100 Å². The van der Waals surface area contributed by atoms with Crippen LogP contribution in [0.3, 0.4) is 0 Å². The van der Waals surface area contributed by atoms with E-state index < -0.39 is 29.7 Å². The normalized spacial score (nSPS) is 25.8. The molecular weight excluding hydrogens is 736 g/mol. The van der Waals surface area contributed by atoms with Gasteiger partial charge in [0.25, 0.3) is 17.7 Å². The minimum absolute atomic E-state index is 0.0339. The van der Waals surface area contributed by atoms with Crippen molar-refractivity contribution in [1.29, 1.82) is 5.26 Å². The molecular formula is C41H45ClN8O6. The van der Waals surface area contributed by atoms with Crippen molar-refractivity contribution in [2.75, 3.05) is 37.6 Å². The van der Waals surface area contributed by atoms with E-state index in [1.807, 2.05) is 23.0 Å². The summed E-state index contributed by atoms with van der Waals surface area (Å²) in [6.45, 7) is 4.41. The third kappa shape index (κ3) is 7.88. The smallest absolute Gasteiger partial charge is 0.271 e. The summed E-state index contributed by atoms with van der Waals surface area (Å²) < 4.78 is 8.06. The molecule has 2 aliphatic carbocycles. The first-order valence-electron chi connectivity index (χ1n) is 19.7. The molecule has 0 spiro atoms. The fourth-order valence-corrected chi connectivity index (χ4v) is 9.11. The highest BCUT2D eigenvalue weighted by Crippen LogP contribution is 2.34. The number of benzene rings is 2. The fraction of sp³-hybridized carbons (Fsp3) is 0.488. The number of carbonyl (C=O) groups is 5. The monoisotopic (exact) mass is 780 g/mol. The number of hydrogen-bond donors (Lipinski definition) is 2. The Bertz CT molecular complexity index is 2070. The van der Waals surface area contributed by atoms with Gasteiger partial charge in [0.05, 0.1) is 33.9 Å². The lowest BCUT2D eigenvalue weighted by molar-refractivity contribution is -0.136. The van der Waals surface area contributed by atoms with Gasteiger partial charge in [0.2, 0.25) is 11.8 Å². The van der Waals surface area contributed by atoms with Gasteiger partial charge >= 0.3 is 0 Å². The molecule has 14 nitrogen and oxygen atoms in total. The van der Waals surface area contributed by atoms with Gasteiger partial charge in [-0.2, -0.15) is 10.4 Å². The highest BCUT2D eigenvalue weighted by molar-refractivity contribution is 6.31. The topological polar surface area (TPSA) is 170 Å². The summed E-state index contributed by atoms with van der Waals surface area (Å²) in [4.78, 5) is 69.3. The third-order valence-corrected chi connectivity index (χ3v) is 12.4. The number of imide groups is 2. The molecule has 8 rings (SSSR count). The molecule has 0 radical (unpaired) electrons. The summed E-state index contributed by atoms with van der Waals surface area (Å²) in [6, 6.07) is 13.7. The molecule has 2 saturated heterocycles. The van der Waals surface area contributed by atoms with E-state index in [0.717, 1.165) is 94.7 Å². The lowest BCUT2D eigenvalue weighted by Gasteiger charge is -2.39. The summed E-state index contributed by atoms with van der Waals surface area (Å²) in [5.74, 6) is -0.885. The third-order valence-electron chi connectivity index (χ3n) is 12.1. The Balaban J connectivity index is 0.757. The first kappa shape index (κ1) is 37.7. The highest BCUT2D eigenvalue weighted by Gasteiger charge is 2.45. The van der Waals surface area contributed by atoms with Crippen molar-refractivity contribution < 1.29 is 28.7 Å². The minimum Gasteiger partial charge on any atom is -0.490 e. The zero-order valence-electron chi connectivity index (χ0n) is 31.1. The molecule has 1 unspecified atom stereocenters. The number of piperidine rings is 1. The second-order valence-corrected chi connectivity index (χ2v) is 16.0. The molecule has 1 atom stereocenters. The molecule has 4 heterocycles. The molecule has 292 valence electrons. The molecule has 2 aromatic carbocycles. The fourth-order valence-electron chi connectivity index (χ4n) is 8.90. The van der Waals surface area contributed by atoms with E-state index in [-0.39, 0.29) is 36.9 Å². The molecule has 0 bridgehead atoms. The number of nitrogens with one attached hydrogen (secondary N) is 2. The van der Waals surface area contributed by atoms with Crippen molar-refractivity contribution in [2.45, 2.75) is 88.4 Å². The van der Waals surface area contributed by atoms with Gasteiger partial charge in [-0.05, 0) is 100 Å². The first-order valence-corrected chi connectivity index (χ1v) is 20.1. The number of ether oxygens (including phenoxy) is 1. The molecule has 4 fully saturated rings. The number of halogens is 1. The Hall–Kier alpha value is -5.26. The maximum absolute atomic E-state index is 13.3. The zero-order valence-corrected chi connectivity index (χ0v) is 31.9. The maximum Gasteiger partial charge on any atom is 0.271 e. The van der Waals surface area contributed by atoms with Gasteiger partial charge in [0.1, 0.15) is 23.6 Å². The van der Waals surface area contributed by atoms with Gasteiger partial charge in [0, 0.05) is 63.1 Å². The number of fused-ring (bicyclic) bond motifs is 1. The molecule has 56 heavy (non-hydrogen) atoms. The maximum atomic E-state index is 13.3. The summed E-state index contributed by atoms with van der Waals surface area (Å²) in [6.07, 6.45) is 9.65. The number of anilines is 1. The average molecular weight is 781 g/mol. The van der Waals surface area contributed by atoms with Gasteiger partial charge in [-0.1, -0.05) is 11.6 Å². The van der Waals surface area contributed by atoms with Gasteiger partial charge in [-0.3, -0.25) is 43.8 Å². The van der Waals surface area contributed by atoms with Crippen molar-refractivity contribution in [3.63, 3.8) is 0 Å². The zero-order chi connectivity index (χ0) is 38.9. The molecule has 2 N–H and O–H groups in total. The van der Waals surface area contributed by atoms with Crippen LogP contribution < -0.4 is 20.3 Å². The van der Waals surface area contributed by atoms with E-state index in [1.165, 1.54) is 0 Å². The predicted molar refractivity (Wildman–Crippen MR) is 205 cm³/mol. The minimum atomic E-state index is -0.973. The summed E-state index contributed by atoms with van der Waals surface area (Å²) >= 11 is 6.15. The van der Waals surface area contributed by atoms with Crippen LogP contribution in [0.1, 0.15) is 107 Å². The van der Waals surface area contributed by atoms with Crippen molar-refractivity contribution >= 4 is 46.8 Å². The van der Waals surface area contributed by atoms with Gasteiger partial charge < -0.3 is 15.0 Å². The van der Waals surface area contributed by atoms with Gasteiger partial charge in [-0.25, -0.2) is 0 Å². The molecule has 3 aromatic rings. The number of aromatic nitrogens is 2. The SMILES string of the molecule is N#Cc1ccc(O[C@H]2CC[C@H](NC(=O)c3ccn(C4CCC(CN5CCN(c6ccc7c(c6)C(=O)N(C6CCC(=O)NC6=O)C7=O)CC5)CC4)n3)CC2)cc1Cl. The lowest BCUT2D eigenvalue weighted by atomic mass is 9.85. The van der Waals surface area contributed by atoms with Gasteiger partial charge in [-0.15, -0.1) is 0 Å². The lowest BCUT2D eigenvalue weighted by Crippen LogP contribution is -2.54. The van der Waals surface area contributed by atoms with E-state index in [1.54, 1.807) is 30.3 Å². The van der Waals surface area contributed by atoms with Crippen molar-refractivity contribution in [3.05, 3.63) is 76.1 Å². The standard InChI is InChI=1S/C41H45ClN8O6/c42-34-22-31(9-3-26(34)23-43)56-30-10-4-27(5-11-30)44-38(52)35-15-16-49(46-35)28-6-1-25(2-7-28)24-47-17-19-48(20-18-47)29-8-12-32-33(21-29)41(55)50(40(32)54)36-13-14-37(51)45-39(36)53/h3,8-9,12,15-16,21-22,25,27-28,30,36H,1-2,4-7,10-11,13-14,17-20,24H2,(H,44,52)(H,45,51,53)/t25?,27-,28?,30-,36?. The highest BCUT2D eigenvalue weighted by atomic mass is 35.5. The van der Waals surface area contributed by atoms with Crippen molar-refractivity contribution in [3.8, 4) is 11.8 Å². The summed E-state index contributed by atoms with van der Waals surface area (Å²) in [5.41, 5.74) is 2.35. The first-order chi connectivity index (χ1) is 27.1. The number of nitriles is 1. The number of rotatable bonds is 9. The number of nitrogens with zero attached hydrogens (tertiary/aromatic N) is 6. The molecule has 5 aliphatic rings. The Labute approximate surface area is 330 Å². The van der Waals surface area contributed by atoms with Crippen LogP contribution >= 0.6 is 11.6 Å². The van der Waals surface area contributed by atoms with Crippen LogP contribution in [-0.2, 0) is 9.59 Å². The van der Waals surface area contributed by atoms with Crippen molar-refractivity contribution in [1.82, 2.24) is 30.2 Å².